The van der Waals surface area contributed by atoms with Gasteiger partial charge in [-0.05, 0) is 46.9 Å². The normalized spacial score (nSPS) is 12.6. The maximum atomic E-state index is 11.4. The van der Waals surface area contributed by atoms with Crippen molar-refractivity contribution in [3.8, 4) is 0 Å². The second-order valence-corrected chi connectivity index (χ2v) is 13.5. The lowest BCUT2D eigenvalue weighted by Crippen LogP contribution is -2.38. The Bertz CT molecular complexity index is 1070. The van der Waals surface area contributed by atoms with Crippen molar-refractivity contribution in [3.63, 3.8) is 0 Å². The minimum atomic E-state index is -0.469. The molecule has 0 saturated carbocycles. The maximum absolute atomic E-state index is 11.4. The number of aromatic nitrogens is 1. The Morgan fingerprint density at radius 3 is 2.47 bits per heavy atom. The third-order valence-corrected chi connectivity index (χ3v) is 7.63. The van der Waals surface area contributed by atoms with E-state index in [0.29, 0.717) is 12.5 Å². The predicted octanol–water partition coefficient (Wildman–Crippen LogP) is 7.00. The van der Waals surface area contributed by atoms with Crippen LogP contribution in [-0.4, -0.2) is 21.9 Å². The number of nitrogens with two attached hydrogens (primary N) is 1. The van der Waals surface area contributed by atoms with Crippen molar-refractivity contribution in [2.24, 2.45) is 11.1 Å². The van der Waals surface area contributed by atoms with Crippen LogP contribution < -0.4 is 11.1 Å². The summed E-state index contributed by atoms with van der Waals surface area (Å²) in [7, 11) is 0. The van der Waals surface area contributed by atoms with Crippen LogP contribution in [-0.2, 0) is 13.0 Å². The predicted molar refractivity (Wildman–Crippen MR) is 140 cm³/mol. The number of hydrogen-bond donors (Lipinski definition) is 2. The summed E-state index contributed by atoms with van der Waals surface area (Å²) in [5, 5.41) is 6.30. The van der Waals surface area contributed by atoms with Crippen LogP contribution in [0.2, 0.25) is 0 Å². The average molecular weight is 472 g/mol. The molecule has 32 heavy (non-hydrogen) atoms. The molecule has 0 atom stereocenters. The molecule has 0 aliphatic heterocycles. The molecule has 0 spiro atoms. The molecule has 0 bridgehead atoms. The molecule has 0 saturated heterocycles. The number of thioether (sulfide) groups is 1. The van der Waals surface area contributed by atoms with E-state index in [2.05, 4.69) is 94.1 Å². The fourth-order valence-electron chi connectivity index (χ4n) is 3.93. The average Bonchev–Trinajstić information content (AvgIpc) is 3.27. The molecule has 1 aromatic carbocycles. The molecular weight excluding hydrogens is 434 g/mol. The highest BCUT2D eigenvalue weighted by Crippen LogP contribution is 2.44. The number of primary amides is 1. The molecule has 2 heterocycles. The summed E-state index contributed by atoms with van der Waals surface area (Å²) in [5.74, 6) is 0.479. The van der Waals surface area contributed by atoms with E-state index in [1.54, 1.807) is 11.3 Å². The molecule has 2 amide bonds. The number of carbonyl (C=O) groups is 1. The highest BCUT2D eigenvalue weighted by molar-refractivity contribution is 8.00. The smallest absolute Gasteiger partial charge is 0.312 e. The molecule has 4 nitrogen and oxygen atoms in total. The van der Waals surface area contributed by atoms with E-state index in [9.17, 15) is 4.79 Å². The van der Waals surface area contributed by atoms with Crippen molar-refractivity contribution in [2.75, 3.05) is 6.54 Å². The van der Waals surface area contributed by atoms with E-state index in [4.69, 9.17) is 5.73 Å². The molecule has 0 aliphatic carbocycles. The SMILES string of the molecule is CC(C)c1ccc2c(c1)c(SC(C)(C)C)c(CC(C)(C)CNC(N)=O)n2Cc1cccs1. The molecule has 6 heteroatoms. The lowest BCUT2D eigenvalue weighted by atomic mass is 9.87. The van der Waals surface area contributed by atoms with Crippen LogP contribution >= 0.6 is 23.1 Å². The van der Waals surface area contributed by atoms with E-state index >= 15 is 0 Å². The lowest BCUT2D eigenvalue weighted by Gasteiger charge is -2.27. The van der Waals surface area contributed by atoms with Crippen molar-refractivity contribution < 1.29 is 4.79 Å². The van der Waals surface area contributed by atoms with Gasteiger partial charge in [-0.1, -0.05) is 60.6 Å². The van der Waals surface area contributed by atoms with Gasteiger partial charge < -0.3 is 15.6 Å². The highest BCUT2D eigenvalue weighted by atomic mass is 32.2. The van der Waals surface area contributed by atoms with E-state index in [-0.39, 0.29) is 10.2 Å². The highest BCUT2D eigenvalue weighted by Gasteiger charge is 2.28. The number of rotatable bonds is 8. The summed E-state index contributed by atoms with van der Waals surface area (Å²) in [6.07, 6.45) is 0.850. The first-order valence-electron chi connectivity index (χ1n) is 11.3. The zero-order chi connectivity index (χ0) is 23.7. The molecule has 3 aromatic rings. The number of carbonyl (C=O) groups excluding carboxylic acids is 1. The van der Waals surface area contributed by atoms with Gasteiger partial charge in [0.2, 0.25) is 0 Å². The van der Waals surface area contributed by atoms with Crippen molar-refractivity contribution in [1.82, 2.24) is 9.88 Å². The van der Waals surface area contributed by atoms with Crippen LogP contribution in [0.1, 0.15) is 70.5 Å². The molecule has 3 rings (SSSR count). The summed E-state index contributed by atoms with van der Waals surface area (Å²) in [6.45, 7) is 17.1. The van der Waals surface area contributed by atoms with Crippen LogP contribution in [0.15, 0.2) is 40.6 Å². The first-order chi connectivity index (χ1) is 14.9. The standard InChI is InChI=1S/C26H37N3OS2/c1-17(2)18-10-11-21-20(13-18)23(32-25(3,4)5)22(14-26(6,7)16-28-24(27)30)29(21)15-19-9-8-12-31-19/h8-13,17H,14-16H2,1-7H3,(H3,27,28,30). The summed E-state index contributed by atoms with van der Waals surface area (Å²) in [4.78, 5) is 14.1. The summed E-state index contributed by atoms with van der Waals surface area (Å²) in [5.41, 5.74) is 9.22. The zero-order valence-corrected chi connectivity index (χ0v) is 22.0. The Hall–Kier alpha value is -1.92. The zero-order valence-electron chi connectivity index (χ0n) is 20.4. The third kappa shape index (κ3) is 6.10. The largest absolute Gasteiger partial charge is 0.352 e. The fraction of sp³-hybridized carbons (Fsp3) is 0.500. The Morgan fingerprint density at radius 2 is 1.91 bits per heavy atom. The fourth-order valence-corrected chi connectivity index (χ4v) is 5.81. The summed E-state index contributed by atoms with van der Waals surface area (Å²) in [6, 6.07) is 10.8. The molecule has 0 aliphatic rings. The van der Waals surface area contributed by atoms with Gasteiger partial charge in [0.05, 0.1) is 6.54 Å². The minimum Gasteiger partial charge on any atom is -0.352 e. The topological polar surface area (TPSA) is 60.0 Å². The number of amides is 2. The Kier molecular flexibility index (Phi) is 7.35. The van der Waals surface area contributed by atoms with E-state index < -0.39 is 6.03 Å². The van der Waals surface area contributed by atoms with Gasteiger partial charge >= 0.3 is 6.03 Å². The van der Waals surface area contributed by atoms with Crippen LogP contribution in [0.3, 0.4) is 0 Å². The lowest BCUT2D eigenvalue weighted by molar-refractivity contribution is 0.241. The van der Waals surface area contributed by atoms with Crippen LogP contribution in [0.4, 0.5) is 4.79 Å². The van der Waals surface area contributed by atoms with Gasteiger partial charge in [0.15, 0.2) is 0 Å². The molecule has 2 aromatic heterocycles. The van der Waals surface area contributed by atoms with Gasteiger partial charge in [0.1, 0.15) is 0 Å². The van der Waals surface area contributed by atoms with Gasteiger partial charge in [0.25, 0.3) is 0 Å². The van der Waals surface area contributed by atoms with Crippen LogP contribution in [0.5, 0.6) is 0 Å². The van der Waals surface area contributed by atoms with Crippen molar-refractivity contribution in [2.45, 2.75) is 77.0 Å². The van der Waals surface area contributed by atoms with Crippen molar-refractivity contribution >= 4 is 40.0 Å². The number of nitrogens with zero attached hydrogens (tertiary/aromatic N) is 1. The van der Waals surface area contributed by atoms with Crippen molar-refractivity contribution in [1.29, 1.82) is 0 Å². The second kappa shape index (κ2) is 9.52. The van der Waals surface area contributed by atoms with Gasteiger partial charge in [0, 0.05) is 37.7 Å². The summed E-state index contributed by atoms with van der Waals surface area (Å²) >= 11 is 3.74. The number of hydrogen-bond acceptors (Lipinski definition) is 3. The first-order valence-corrected chi connectivity index (χ1v) is 13.0. The van der Waals surface area contributed by atoms with Crippen LogP contribution in [0, 0.1) is 5.41 Å². The number of benzene rings is 1. The monoisotopic (exact) mass is 471 g/mol. The first kappa shape index (κ1) is 24.7. The number of fused-ring (bicyclic) bond motifs is 1. The molecular formula is C26H37N3OS2. The van der Waals surface area contributed by atoms with Gasteiger partial charge in [-0.3, -0.25) is 0 Å². The third-order valence-electron chi connectivity index (χ3n) is 5.50. The molecule has 3 N–H and O–H groups in total. The molecule has 0 fully saturated rings. The second-order valence-electron chi connectivity index (χ2n) is 10.6. The van der Waals surface area contributed by atoms with E-state index in [1.807, 2.05) is 11.8 Å². The Morgan fingerprint density at radius 1 is 1.19 bits per heavy atom. The number of thiophene rings is 1. The number of nitrogens with one attached hydrogen (secondary N) is 1. The van der Waals surface area contributed by atoms with Gasteiger partial charge in [-0.2, -0.15) is 0 Å². The molecule has 0 radical (unpaired) electrons. The molecule has 0 unspecified atom stereocenters. The quantitative estimate of drug-likeness (QED) is 0.347. The van der Waals surface area contributed by atoms with Crippen molar-refractivity contribution in [3.05, 3.63) is 51.8 Å². The molecule has 174 valence electrons. The van der Waals surface area contributed by atoms with E-state index in [0.717, 1.165) is 13.0 Å². The minimum absolute atomic E-state index is 0.0836. The Labute approximate surface area is 201 Å². The van der Waals surface area contributed by atoms with Gasteiger partial charge in [-0.15, -0.1) is 23.1 Å². The number of urea groups is 1. The summed E-state index contributed by atoms with van der Waals surface area (Å²) < 4.78 is 2.58. The van der Waals surface area contributed by atoms with Gasteiger partial charge in [-0.25, -0.2) is 4.79 Å². The van der Waals surface area contributed by atoms with Crippen LogP contribution in [0.25, 0.3) is 10.9 Å². The van der Waals surface area contributed by atoms with E-state index in [1.165, 1.54) is 31.9 Å². The Balaban J connectivity index is 2.21. The maximum Gasteiger partial charge on any atom is 0.312 e.